The third-order valence-electron chi connectivity index (χ3n) is 3.66. The van der Waals surface area contributed by atoms with E-state index in [9.17, 15) is 5.11 Å². The van der Waals surface area contributed by atoms with E-state index in [-0.39, 0.29) is 6.10 Å². The third-order valence-corrected chi connectivity index (χ3v) is 3.66. The van der Waals surface area contributed by atoms with Gasteiger partial charge in [-0.1, -0.05) is 41.6 Å². The van der Waals surface area contributed by atoms with Crippen molar-refractivity contribution >= 4 is 5.71 Å². The van der Waals surface area contributed by atoms with E-state index in [1.165, 1.54) is 6.08 Å². The smallest absolute Gasteiger partial charge is 0.175 e. The first kappa shape index (κ1) is 18.7. The molecular formula is C20H23NO4. The Balaban J connectivity index is 2.27. The van der Waals surface area contributed by atoms with Gasteiger partial charge in [0, 0.05) is 12.7 Å². The van der Waals surface area contributed by atoms with Crippen molar-refractivity contribution in [1.29, 1.82) is 0 Å². The topological polar surface area (TPSA) is 60.3 Å². The summed E-state index contributed by atoms with van der Waals surface area (Å²) in [4.78, 5) is 5.69. The molecule has 0 aliphatic heterocycles. The average molecular weight is 341 g/mol. The SMILES string of the molecule is C=C[C@H](O)/C(=N\O[C@H](COC)c1ccccc1)c1ccc(OC)cc1. The molecule has 0 aromatic heterocycles. The molecule has 0 aliphatic rings. The molecule has 0 fully saturated rings. The van der Waals surface area contributed by atoms with Crippen LogP contribution in [-0.4, -0.2) is 37.7 Å². The number of aliphatic hydroxyl groups excluding tert-OH is 1. The lowest BCUT2D eigenvalue weighted by atomic mass is 10.1. The minimum absolute atomic E-state index is 0.341. The summed E-state index contributed by atoms with van der Waals surface area (Å²) in [7, 11) is 3.20. The molecule has 25 heavy (non-hydrogen) atoms. The van der Waals surface area contributed by atoms with Gasteiger partial charge in [-0.15, -0.1) is 6.58 Å². The highest BCUT2D eigenvalue weighted by atomic mass is 16.6. The van der Waals surface area contributed by atoms with Gasteiger partial charge >= 0.3 is 0 Å². The molecule has 0 amide bonds. The number of ether oxygens (including phenoxy) is 2. The van der Waals surface area contributed by atoms with Gasteiger partial charge in [-0.25, -0.2) is 0 Å². The number of hydrogen-bond acceptors (Lipinski definition) is 5. The molecule has 1 N–H and O–H groups in total. The molecule has 0 aliphatic carbocycles. The van der Waals surface area contributed by atoms with Crippen molar-refractivity contribution in [2.75, 3.05) is 20.8 Å². The van der Waals surface area contributed by atoms with Gasteiger partial charge in [0.1, 0.15) is 17.6 Å². The van der Waals surface area contributed by atoms with Crippen molar-refractivity contribution in [3.63, 3.8) is 0 Å². The molecule has 2 atom stereocenters. The van der Waals surface area contributed by atoms with Gasteiger partial charge in [0.05, 0.1) is 13.7 Å². The predicted octanol–water partition coefficient (Wildman–Crippen LogP) is 3.35. The van der Waals surface area contributed by atoms with E-state index in [4.69, 9.17) is 14.3 Å². The summed E-state index contributed by atoms with van der Waals surface area (Å²) in [6.45, 7) is 3.97. The lowest BCUT2D eigenvalue weighted by Gasteiger charge is -2.17. The van der Waals surface area contributed by atoms with E-state index in [1.807, 2.05) is 42.5 Å². The second-order valence-electron chi connectivity index (χ2n) is 5.35. The maximum absolute atomic E-state index is 10.2. The zero-order chi connectivity index (χ0) is 18.1. The Kier molecular flexibility index (Phi) is 7.19. The molecule has 0 unspecified atom stereocenters. The first-order valence-corrected chi connectivity index (χ1v) is 7.92. The Hall–Kier alpha value is -2.63. The summed E-state index contributed by atoms with van der Waals surface area (Å²) in [5.74, 6) is 0.721. The molecule has 2 aromatic rings. The van der Waals surface area contributed by atoms with Crippen LogP contribution in [0.3, 0.4) is 0 Å². The van der Waals surface area contributed by atoms with Crippen LogP contribution >= 0.6 is 0 Å². The van der Waals surface area contributed by atoms with Crippen LogP contribution in [-0.2, 0) is 9.57 Å². The van der Waals surface area contributed by atoms with Crippen molar-refractivity contribution in [2.45, 2.75) is 12.2 Å². The first-order chi connectivity index (χ1) is 12.2. The summed E-state index contributed by atoms with van der Waals surface area (Å²) in [5, 5.41) is 14.4. The maximum atomic E-state index is 10.2. The third kappa shape index (κ3) is 5.17. The number of methoxy groups -OCH3 is 2. The highest BCUT2D eigenvalue weighted by molar-refractivity contribution is 6.04. The van der Waals surface area contributed by atoms with Gasteiger partial charge in [0.2, 0.25) is 0 Å². The Bertz CT molecular complexity index is 683. The summed E-state index contributed by atoms with van der Waals surface area (Å²) in [6, 6.07) is 16.9. The first-order valence-electron chi connectivity index (χ1n) is 7.92. The van der Waals surface area contributed by atoms with Crippen LogP contribution in [0.2, 0.25) is 0 Å². The van der Waals surface area contributed by atoms with Crippen molar-refractivity contribution in [2.24, 2.45) is 5.16 Å². The van der Waals surface area contributed by atoms with Crippen LogP contribution in [0.25, 0.3) is 0 Å². The summed E-state index contributed by atoms with van der Waals surface area (Å²) in [5.41, 5.74) is 2.03. The van der Waals surface area contributed by atoms with Crippen LogP contribution in [0.5, 0.6) is 5.75 Å². The van der Waals surface area contributed by atoms with Crippen LogP contribution < -0.4 is 4.74 Å². The van der Waals surface area contributed by atoms with Gasteiger partial charge < -0.3 is 19.4 Å². The second kappa shape index (κ2) is 9.61. The van der Waals surface area contributed by atoms with Gasteiger partial charge in [-0.05, 0) is 29.8 Å². The van der Waals surface area contributed by atoms with Crippen molar-refractivity contribution in [3.8, 4) is 5.75 Å². The molecule has 132 valence electrons. The molecule has 2 rings (SSSR count). The minimum Gasteiger partial charge on any atom is -0.497 e. The fraction of sp³-hybridized carbons (Fsp3) is 0.250. The van der Waals surface area contributed by atoms with E-state index in [0.29, 0.717) is 12.3 Å². The molecule has 0 saturated carbocycles. The normalized spacial score (nSPS) is 13.8. The van der Waals surface area contributed by atoms with E-state index in [2.05, 4.69) is 11.7 Å². The molecular weight excluding hydrogens is 318 g/mol. The van der Waals surface area contributed by atoms with E-state index < -0.39 is 6.10 Å². The number of rotatable bonds is 9. The van der Waals surface area contributed by atoms with E-state index in [0.717, 1.165) is 16.9 Å². The van der Waals surface area contributed by atoms with E-state index in [1.54, 1.807) is 26.4 Å². The molecule has 0 radical (unpaired) electrons. The Morgan fingerprint density at radius 1 is 1.12 bits per heavy atom. The maximum Gasteiger partial charge on any atom is 0.175 e. The van der Waals surface area contributed by atoms with E-state index >= 15 is 0 Å². The average Bonchev–Trinajstić information content (AvgIpc) is 2.68. The van der Waals surface area contributed by atoms with Gasteiger partial charge in [-0.2, -0.15) is 0 Å². The van der Waals surface area contributed by atoms with Gasteiger partial charge in [0.25, 0.3) is 0 Å². The Morgan fingerprint density at radius 3 is 2.36 bits per heavy atom. The van der Waals surface area contributed by atoms with Crippen LogP contribution in [0.4, 0.5) is 0 Å². The molecule has 5 heteroatoms. The van der Waals surface area contributed by atoms with Crippen LogP contribution in [0.15, 0.2) is 72.4 Å². The molecule has 0 saturated heterocycles. The Morgan fingerprint density at radius 2 is 1.80 bits per heavy atom. The summed E-state index contributed by atoms with van der Waals surface area (Å²) < 4.78 is 10.4. The highest BCUT2D eigenvalue weighted by Crippen LogP contribution is 2.20. The van der Waals surface area contributed by atoms with Crippen LogP contribution in [0, 0.1) is 0 Å². The Labute approximate surface area is 148 Å². The lowest BCUT2D eigenvalue weighted by Crippen LogP contribution is -2.20. The fourth-order valence-electron chi connectivity index (χ4n) is 2.28. The predicted molar refractivity (Wildman–Crippen MR) is 97.9 cm³/mol. The largest absolute Gasteiger partial charge is 0.497 e. The van der Waals surface area contributed by atoms with Crippen molar-refractivity contribution in [3.05, 3.63) is 78.4 Å². The zero-order valence-electron chi connectivity index (χ0n) is 14.5. The van der Waals surface area contributed by atoms with Crippen LogP contribution in [0.1, 0.15) is 17.2 Å². The fourth-order valence-corrected chi connectivity index (χ4v) is 2.28. The molecule has 2 aromatic carbocycles. The monoisotopic (exact) mass is 341 g/mol. The number of oxime groups is 1. The standard InChI is InChI=1S/C20H23NO4/c1-4-18(22)20(16-10-12-17(24-3)13-11-16)21-25-19(14-23-2)15-8-6-5-7-9-15/h4-13,18-19,22H,1,14H2,2-3H3/b21-20-/t18-,19+/m0/s1. The highest BCUT2D eigenvalue weighted by Gasteiger charge is 2.17. The number of aliphatic hydroxyl groups is 1. The molecule has 5 nitrogen and oxygen atoms in total. The lowest BCUT2D eigenvalue weighted by molar-refractivity contribution is -0.00143. The zero-order valence-corrected chi connectivity index (χ0v) is 14.5. The molecule has 0 bridgehead atoms. The summed E-state index contributed by atoms with van der Waals surface area (Å²) in [6.07, 6.45) is 0.0733. The molecule has 0 spiro atoms. The number of hydrogen-bond donors (Lipinski definition) is 1. The van der Waals surface area contributed by atoms with Crippen molar-refractivity contribution in [1.82, 2.24) is 0 Å². The second-order valence-corrected chi connectivity index (χ2v) is 5.35. The number of nitrogens with zero attached hydrogens (tertiary/aromatic N) is 1. The minimum atomic E-state index is -0.952. The summed E-state index contributed by atoms with van der Waals surface area (Å²) >= 11 is 0. The van der Waals surface area contributed by atoms with Gasteiger partial charge in [0.15, 0.2) is 6.10 Å². The quantitative estimate of drug-likeness (QED) is 0.432. The van der Waals surface area contributed by atoms with Gasteiger partial charge in [-0.3, -0.25) is 0 Å². The number of benzene rings is 2. The van der Waals surface area contributed by atoms with Crippen molar-refractivity contribution < 1.29 is 19.4 Å². The molecule has 0 heterocycles.